The lowest BCUT2D eigenvalue weighted by Gasteiger charge is -2.18. The second-order valence-electron chi connectivity index (χ2n) is 3.35. The highest BCUT2D eigenvalue weighted by molar-refractivity contribution is 6.65. The molecule has 1 heterocycles. The molecule has 0 bridgehead atoms. The highest BCUT2D eigenvalue weighted by Gasteiger charge is 2.40. The van der Waals surface area contributed by atoms with Crippen molar-refractivity contribution in [3.05, 3.63) is 35.4 Å². The SMILES string of the molecule is CC(C(=O)Cl)N1C(=O)c2c#cccc2C1=O. The standard InChI is InChI=1S/C11H6ClNO3/c1-6(9(12)14)13-10(15)7-4-2-3-5-8(7)11(13)16/h2,4,6H,1H3. The number of carbonyl (C=O) groups is 3. The Kier molecular flexibility index (Phi) is 2.41. The summed E-state index contributed by atoms with van der Waals surface area (Å²) in [6.07, 6.45) is 0. The third-order valence-corrected chi connectivity index (χ3v) is 2.71. The Bertz CT molecular complexity index is 463. The monoisotopic (exact) mass is 235 g/mol. The summed E-state index contributed by atoms with van der Waals surface area (Å²) in [5, 5.41) is -0.751. The normalized spacial score (nSPS) is 15.8. The number of carbonyl (C=O) groups excluding carboxylic acids is 3. The van der Waals surface area contributed by atoms with Crippen molar-refractivity contribution in [1.29, 1.82) is 0 Å². The summed E-state index contributed by atoms with van der Waals surface area (Å²) in [4.78, 5) is 35.4. The Morgan fingerprint density at radius 1 is 1.44 bits per heavy atom. The molecule has 0 aromatic heterocycles. The lowest BCUT2D eigenvalue weighted by molar-refractivity contribution is -0.114. The van der Waals surface area contributed by atoms with Crippen molar-refractivity contribution in [2.45, 2.75) is 13.0 Å². The number of rotatable bonds is 2. The van der Waals surface area contributed by atoms with Crippen LogP contribution < -0.4 is 0 Å². The minimum absolute atomic E-state index is 0.136. The Morgan fingerprint density at radius 3 is 2.69 bits per heavy atom. The van der Waals surface area contributed by atoms with Crippen LogP contribution >= 0.6 is 11.6 Å². The highest BCUT2D eigenvalue weighted by atomic mass is 35.5. The number of hydrogen-bond donors (Lipinski definition) is 0. The van der Waals surface area contributed by atoms with Gasteiger partial charge in [-0.1, -0.05) is 12.1 Å². The molecule has 0 aliphatic carbocycles. The van der Waals surface area contributed by atoms with Crippen molar-refractivity contribution >= 4 is 28.7 Å². The fourth-order valence-corrected chi connectivity index (χ4v) is 1.63. The maximum atomic E-state index is 11.8. The molecule has 1 unspecified atom stereocenters. The summed E-state index contributed by atoms with van der Waals surface area (Å²) in [6.45, 7) is 1.40. The smallest absolute Gasteiger partial charge is 0.270 e. The van der Waals surface area contributed by atoms with Crippen LogP contribution in [0.4, 0.5) is 0 Å². The van der Waals surface area contributed by atoms with E-state index in [0.29, 0.717) is 0 Å². The van der Waals surface area contributed by atoms with Crippen molar-refractivity contribution in [1.82, 2.24) is 4.90 Å². The van der Waals surface area contributed by atoms with E-state index >= 15 is 0 Å². The number of hydrogen-bond acceptors (Lipinski definition) is 3. The van der Waals surface area contributed by atoms with Gasteiger partial charge in [-0.3, -0.25) is 19.3 Å². The van der Waals surface area contributed by atoms with Crippen LogP contribution in [0.2, 0.25) is 0 Å². The molecule has 0 N–H and O–H groups in total. The molecule has 5 heteroatoms. The molecule has 0 spiro atoms. The number of amides is 2. The summed E-state index contributed by atoms with van der Waals surface area (Å²) in [5.41, 5.74) is 0.366. The van der Waals surface area contributed by atoms with Crippen LogP contribution in [0.1, 0.15) is 27.6 Å². The Labute approximate surface area is 96.8 Å². The van der Waals surface area contributed by atoms with Crippen molar-refractivity contribution in [2.24, 2.45) is 0 Å². The van der Waals surface area contributed by atoms with E-state index < -0.39 is 23.1 Å². The van der Waals surface area contributed by atoms with Crippen molar-refractivity contribution in [3.63, 3.8) is 0 Å². The topological polar surface area (TPSA) is 54.5 Å². The minimum Gasteiger partial charge on any atom is -0.279 e. The zero-order valence-corrected chi connectivity index (χ0v) is 9.04. The largest absolute Gasteiger partial charge is 0.279 e. The van der Waals surface area contributed by atoms with Gasteiger partial charge in [-0.15, -0.1) is 0 Å². The summed E-state index contributed by atoms with van der Waals surface area (Å²) >= 11 is 5.28. The first-order chi connectivity index (χ1) is 7.54. The fourth-order valence-electron chi connectivity index (χ4n) is 1.53. The van der Waals surface area contributed by atoms with Crippen molar-refractivity contribution in [3.8, 4) is 0 Å². The first kappa shape index (κ1) is 10.7. The number of nitrogens with zero attached hydrogens (tertiary/aromatic N) is 1. The van der Waals surface area contributed by atoms with Gasteiger partial charge in [-0.2, -0.15) is 0 Å². The van der Waals surface area contributed by atoms with E-state index in [1.165, 1.54) is 19.1 Å². The van der Waals surface area contributed by atoms with Crippen LogP contribution in [0, 0.1) is 12.1 Å². The van der Waals surface area contributed by atoms with Crippen LogP contribution in [0.15, 0.2) is 12.1 Å². The van der Waals surface area contributed by atoms with Crippen LogP contribution in [0.3, 0.4) is 0 Å². The molecule has 2 rings (SSSR count). The molecule has 0 saturated carbocycles. The first-order valence-electron chi connectivity index (χ1n) is 4.53. The molecule has 1 aromatic carbocycles. The van der Waals surface area contributed by atoms with E-state index in [1.54, 1.807) is 0 Å². The molecule has 0 fully saturated rings. The van der Waals surface area contributed by atoms with E-state index in [1.807, 2.05) is 0 Å². The Balaban J connectivity index is 2.46. The molecular weight excluding hydrogens is 230 g/mol. The Hall–Kier alpha value is -1.86. The molecule has 0 radical (unpaired) electrons. The van der Waals surface area contributed by atoms with E-state index in [4.69, 9.17) is 11.6 Å². The van der Waals surface area contributed by atoms with Crippen molar-refractivity contribution < 1.29 is 14.4 Å². The van der Waals surface area contributed by atoms with Gasteiger partial charge in [-0.25, -0.2) is 0 Å². The van der Waals surface area contributed by atoms with Crippen LogP contribution in [0.25, 0.3) is 0 Å². The molecule has 1 aliphatic heterocycles. The van der Waals surface area contributed by atoms with Crippen LogP contribution in [0.5, 0.6) is 0 Å². The summed E-state index contributed by atoms with van der Waals surface area (Å²) in [7, 11) is 0. The zero-order valence-electron chi connectivity index (χ0n) is 8.28. The maximum Gasteiger partial charge on any atom is 0.270 e. The average Bonchev–Trinajstić information content (AvgIpc) is 2.52. The second-order valence-corrected chi connectivity index (χ2v) is 3.72. The summed E-state index contributed by atoms with van der Waals surface area (Å²) < 4.78 is 0. The van der Waals surface area contributed by atoms with Crippen LogP contribution in [-0.2, 0) is 4.79 Å². The maximum absolute atomic E-state index is 11.8. The predicted molar refractivity (Wildman–Crippen MR) is 54.9 cm³/mol. The summed E-state index contributed by atoms with van der Waals surface area (Å²) in [5.74, 6) is -1.08. The van der Waals surface area contributed by atoms with Gasteiger partial charge in [-0.05, 0) is 30.7 Å². The lowest BCUT2D eigenvalue weighted by Crippen LogP contribution is -2.41. The molecular formula is C11H6ClNO3. The zero-order chi connectivity index (χ0) is 11.9. The van der Waals surface area contributed by atoms with Gasteiger partial charge >= 0.3 is 0 Å². The van der Waals surface area contributed by atoms with E-state index in [-0.39, 0.29) is 11.1 Å². The molecule has 80 valence electrons. The second kappa shape index (κ2) is 3.62. The fraction of sp³-hybridized carbons (Fsp3) is 0.182. The minimum atomic E-state index is -0.970. The predicted octanol–water partition coefficient (Wildman–Crippen LogP) is 1.04. The molecule has 1 aliphatic rings. The van der Waals surface area contributed by atoms with Gasteiger partial charge in [0, 0.05) is 0 Å². The van der Waals surface area contributed by atoms with E-state index in [9.17, 15) is 14.4 Å². The van der Waals surface area contributed by atoms with Gasteiger partial charge < -0.3 is 0 Å². The third kappa shape index (κ3) is 1.37. The van der Waals surface area contributed by atoms with Crippen LogP contribution in [-0.4, -0.2) is 28.0 Å². The van der Waals surface area contributed by atoms with Gasteiger partial charge in [0.2, 0.25) is 5.24 Å². The molecule has 0 saturated heterocycles. The van der Waals surface area contributed by atoms with E-state index in [0.717, 1.165) is 4.90 Å². The molecule has 4 nitrogen and oxygen atoms in total. The van der Waals surface area contributed by atoms with Gasteiger partial charge in [0.1, 0.15) is 11.6 Å². The summed E-state index contributed by atoms with van der Waals surface area (Å²) in [6, 6.07) is 7.14. The molecule has 16 heavy (non-hydrogen) atoms. The number of imide groups is 1. The molecule has 2 amide bonds. The van der Waals surface area contributed by atoms with Gasteiger partial charge in [0.25, 0.3) is 11.8 Å². The Morgan fingerprint density at radius 2 is 2.12 bits per heavy atom. The van der Waals surface area contributed by atoms with Gasteiger partial charge in [0.15, 0.2) is 0 Å². The number of halogens is 1. The molecule has 1 atom stereocenters. The third-order valence-electron chi connectivity index (χ3n) is 2.40. The quantitative estimate of drug-likeness (QED) is 0.569. The van der Waals surface area contributed by atoms with Gasteiger partial charge in [0.05, 0.1) is 5.56 Å². The number of fused-ring (bicyclic) bond motifs is 1. The van der Waals surface area contributed by atoms with Crippen molar-refractivity contribution in [2.75, 3.05) is 0 Å². The first-order valence-corrected chi connectivity index (χ1v) is 4.91. The molecule has 1 aromatic rings. The average molecular weight is 236 g/mol. The van der Waals surface area contributed by atoms with E-state index in [2.05, 4.69) is 12.1 Å². The highest BCUT2D eigenvalue weighted by Crippen LogP contribution is 2.23. The lowest BCUT2D eigenvalue weighted by atomic mass is 10.2.